The standard InChI is InChI=1S/C73H141NO10/c1-3-5-7-9-11-13-14-15-38-41-45-49-53-57-61-69(78)82-62-58-54-50-46-42-39-36-34-32-30-28-26-24-22-20-18-16-17-19-21-23-25-27-29-31-33-35-37-40-44-48-52-56-60-68(77)74-65(66(76)59-55-51-47-43-12-10-8-6-4-2)64-83-73-72(81)71(80)70(79)67(63-75)84-73/h55,59,65-67,70-73,75-76,79-81H,3-54,56-58,60-64H2,1-2H3,(H,74,77)/b59-55+. The molecule has 11 nitrogen and oxygen atoms in total. The Bertz CT molecular complexity index is 1400. The van der Waals surface area contributed by atoms with Gasteiger partial charge in [0, 0.05) is 12.8 Å². The van der Waals surface area contributed by atoms with Crippen molar-refractivity contribution in [2.24, 2.45) is 0 Å². The summed E-state index contributed by atoms with van der Waals surface area (Å²) in [4.78, 5) is 25.1. The Hall–Kier alpha value is -1.60. The molecule has 1 aliphatic rings. The zero-order valence-electron chi connectivity index (χ0n) is 55.4. The summed E-state index contributed by atoms with van der Waals surface area (Å²) in [5, 5.41) is 54.3. The van der Waals surface area contributed by atoms with Crippen LogP contribution < -0.4 is 5.32 Å². The molecule has 84 heavy (non-hydrogen) atoms. The van der Waals surface area contributed by atoms with Crippen molar-refractivity contribution in [3.63, 3.8) is 0 Å². The van der Waals surface area contributed by atoms with Crippen LogP contribution in [0.4, 0.5) is 0 Å². The number of hydrogen-bond donors (Lipinski definition) is 6. The zero-order valence-corrected chi connectivity index (χ0v) is 55.4. The van der Waals surface area contributed by atoms with Crippen molar-refractivity contribution >= 4 is 11.9 Å². The van der Waals surface area contributed by atoms with Crippen LogP contribution in [0.15, 0.2) is 12.2 Å². The molecule has 0 bridgehead atoms. The Balaban J connectivity index is 1.87. The van der Waals surface area contributed by atoms with Gasteiger partial charge in [0.1, 0.15) is 24.4 Å². The molecule has 1 aliphatic heterocycles. The molecule has 1 rings (SSSR count). The number of hydrogen-bond acceptors (Lipinski definition) is 10. The minimum Gasteiger partial charge on any atom is -0.466 e. The third-order valence-corrected chi connectivity index (χ3v) is 17.9. The minimum atomic E-state index is -1.57. The Morgan fingerprint density at radius 3 is 1.11 bits per heavy atom. The van der Waals surface area contributed by atoms with Crippen LogP contribution in [0.2, 0.25) is 0 Å². The van der Waals surface area contributed by atoms with Gasteiger partial charge in [-0.1, -0.05) is 347 Å². The molecule has 0 aromatic heterocycles. The van der Waals surface area contributed by atoms with E-state index in [-0.39, 0.29) is 18.5 Å². The molecular weight excluding hydrogens is 1050 g/mol. The van der Waals surface area contributed by atoms with Crippen molar-refractivity contribution in [1.82, 2.24) is 5.32 Å². The number of ether oxygens (including phenoxy) is 3. The summed E-state index contributed by atoms with van der Waals surface area (Å²) in [7, 11) is 0. The second kappa shape index (κ2) is 63.0. The first kappa shape index (κ1) is 80.4. The highest BCUT2D eigenvalue weighted by atomic mass is 16.7. The fourth-order valence-corrected chi connectivity index (χ4v) is 12.1. The highest BCUT2D eigenvalue weighted by molar-refractivity contribution is 5.76. The van der Waals surface area contributed by atoms with E-state index in [1.165, 1.54) is 302 Å². The van der Waals surface area contributed by atoms with Gasteiger partial charge in [-0.05, 0) is 32.1 Å². The number of nitrogens with one attached hydrogen (secondary N) is 1. The number of aliphatic hydroxyl groups is 5. The van der Waals surface area contributed by atoms with Crippen LogP contribution in [0.5, 0.6) is 0 Å². The Labute approximate surface area is 519 Å². The molecule has 1 fully saturated rings. The minimum absolute atomic E-state index is 0.0175. The van der Waals surface area contributed by atoms with E-state index in [2.05, 4.69) is 19.2 Å². The molecule has 6 N–H and O–H groups in total. The first-order valence-corrected chi connectivity index (χ1v) is 37.0. The highest BCUT2D eigenvalue weighted by Gasteiger charge is 2.44. The maximum Gasteiger partial charge on any atom is 0.305 e. The lowest BCUT2D eigenvalue weighted by molar-refractivity contribution is -0.302. The fraction of sp³-hybridized carbons (Fsp3) is 0.945. The van der Waals surface area contributed by atoms with Crippen LogP contribution in [0, 0.1) is 0 Å². The lowest BCUT2D eigenvalue weighted by Crippen LogP contribution is -2.60. The molecule has 0 radical (unpaired) electrons. The quantitative estimate of drug-likeness (QED) is 0.0195. The number of rotatable bonds is 66. The summed E-state index contributed by atoms with van der Waals surface area (Å²) in [6.07, 6.45) is 68.1. The lowest BCUT2D eigenvalue weighted by Gasteiger charge is -2.40. The van der Waals surface area contributed by atoms with E-state index < -0.39 is 49.5 Å². The summed E-state index contributed by atoms with van der Waals surface area (Å²) in [6.45, 7) is 4.37. The van der Waals surface area contributed by atoms with Crippen LogP contribution in [0.25, 0.3) is 0 Å². The number of esters is 1. The summed E-state index contributed by atoms with van der Waals surface area (Å²) in [5.74, 6) is -0.159. The summed E-state index contributed by atoms with van der Waals surface area (Å²) >= 11 is 0. The van der Waals surface area contributed by atoms with E-state index in [1.807, 2.05) is 6.08 Å². The van der Waals surface area contributed by atoms with Crippen LogP contribution in [0.3, 0.4) is 0 Å². The Morgan fingerprint density at radius 2 is 0.750 bits per heavy atom. The van der Waals surface area contributed by atoms with Gasteiger partial charge in [0.15, 0.2) is 6.29 Å². The first-order valence-electron chi connectivity index (χ1n) is 37.0. The van der Waals surface area contributed by atoms with Crippen molar-refractivity contribution in [3.8, 4) is 0 Å². The molecule has 1 heterocycles. The average molecular weight is 1190 g/mol. The first-order chi connectivity index (χ1) is 41.2. The van der Waals surface area contributed by atoms with E-state index in [0.29, 0.717) is 19.4 Å². The molecule has 0 spiro atoms. The number of allylic oxidation sites excluding steroid dienone is 1. The van der Waals surface area contributed by atoms with Crippen molar-refractivity contribution < 1.29 is 49.3 Å². The van der Waals surface area contributed by atoms with Gasteiger partial charge >= 0.3 is 5.97 Å². The maximum absolute atomic E-state index is 13.0. The molecule has 1 saturated heterocycles. The molecule has 11 heteroatoms. The van der Waals surface area contributed by atoms with E-state index in [1.54, 1.807) is 6.08 Å². The molecule has 0 saturated carbocycles. The van der Waals surface area contributed by atoms with E-state index in [9.17, 15) is 35.1 Å². The van der Waals surface area contributed by atoms with Gasteiger partial charge in [0.05, 0.1) is 32.0 Å². The largest absolute Gasteiger partial charge is 0.466 e. The maximum atomic E-state index is 13.0. The van der Waals surface area contributed by atoms with Crippen LogP contribution in [-0.4, -0.2) is 100 Å². The van der Waals surface area contributed by atoms with Gasteiger partial charge in [0.25, 0.3) is 0 Å². The second-order valence-electron chi connectivity index (χ2n) is 26.0. The molecule has 7 unspecified atom stereocenters. The Kier molecular flexibility index (Phi) is 60.3. The van der Waals surface area contributed by atoms with Gasteiger partial charge in [-0.15, -0.1) is 0 Å². The smallest absolute Gasteiger partial charge is 0.305 e. The SMILES string of the molecule is CCCCCCCCC/C=C/C(O)C(COC1OC(CO)C(O)C(O)C1O)NC(=O)CCCCCCCCCCCCCCCCCCCCCCCCCCCCCCCCCCCOC(=O)CCCCCCCCCCCCCCCC. The van der Waals surface area contributed by atoms with E-state index in [0.717, 1.165) is 51.4 Å². The monoisotopic (exact) mass is 1190 g/mol. The van der Waals surface area contributed by atoms with E-state index >= 15 is 0 Å². The number of unbranched alkanes of at least 4 members (excludes halogenated alkanes) is 52. The van der Waals surface area contributed by atoms with Gasteiger partial charge < -0.3 is 45.1 Å². The topological polar surface area (TPSA) is 175 Å². The highest BCUT2D eigenvalue weighted by Crippen LogP contribution is 2.24. The summed E-state index contributed by atoms with van der Waals surface area (Å²) in [5.41, 5.74) is 0. The van der Waals surface area contributed by atoms with Gasteiger partial charge in [-0.25, -0.2) is 0 Å². The Morgan fingerprint density at radius 1 is 0.429 bits per heavy atom. The van der Waals surface area contributed by atoms with Crippen molar-refractivity contribution in [1.29, 1.82) is 0 Å². The van der Waals surface area contributed by atoms with Crippen LogP contribution in [-0.2, 0) is 23.8 Å². The molecular formula is C73H141NO10. The molecule has 0 aromatic rings. The van der Waals surface area contributed by atoms with Crippen LogP contribution >= 0.6 is 0 Å². The predicted molar refractivity (Wildman–Crippen MR) is 352 cm³/mol. The van der Waals surface area contributed by atoms with Crippen molar-refractivity contribution in [2.75, 3.05) is 19.8 Å². The number of aliphatic hydroxyl groups excluding tert-OH is 5. The number of carbonyl (C=O) groups excluding carboxylic acids is 2. The van der Waals surface area contributed by atoms with E-state index in [4.69, 9.17) is 14.2 Å². The average Bonchev–Trinajstić information content (AvgIpc) is 3.39. The number of carbonyl (C=O) groups is 2. The summed E-state index contributed by atoms with van der Waals surface area (Å²) < 4.78 is 16.7. The third kappa shape index (κ3) is 51.3. The number of amides is 1. The van der Waals surface area contributed by atoms with Crippen molar-refractivity contribution in [2.45, 2.75) is 423 Å². The predicted octanol–water partition coefficient (Wildman–Crippen LogP) is 19.0. The molecule has 0 aromatic carbocycles. The third-order valence-electron chi connectivity index (χ3n) is 17.9. The lowest BCUT2D eigenvalue weighted by atomic mass is 9.99. The summed E-state index contributed by atoms with van der Waals surface area (Å²) in [6, 6.07) is -0.804. The zero-order chi connectivity index (χ0) is 60.9. The van der Waals surface area contributed by atoms with Crippen molar-refractivity contribution in [3.05, 3.63) is 12.2 Å². The van der Waals surface area contributed by atoms with Gasteiger partial charge in [-0.2, -0.15) is 0 Å². The molecule has 498 valence electrons. The van der Waals surface area contributed by atoms with Crippen LogP contribution in [0.1, 0.15) is 380 Å². The normalized spacial score (nSPS) is 18.0. The van der Waals surface area contributed by atoms with Gasteiger partial charge in [0.2, 0.25) is 5.91 Å². The second-order valence-corrected chi connectivity index (χ2v) is 26.0. The molecule has 7 atom stereocenters. The molecule has 0 aliphatic carbocycles. The van der Waals surface area contributed by atoms with Gasteiger partial charge in [-0.3, -0.25) is 9.59 Å². The molecule has 1 amide bonds. The fourth-order valence-electron chi connectivity index (χ4n) is 12.1.